The summed E-state index contributed by atoms with van der Waals surface area (Å²) in [6.45, 7) is 1.63. The molecule has 1 aromatic rings. The van der Waals surface area contributed by atoms with Crippen LogP contribution < -0.4 is 0 Å². The van der Waals surface area contributed by atoms with Crippen LogP contribution in [0.3, 0.4) is 0 Å². The zero-order valence-electron chi connectivity index (χ0n) is 9.80. The van der Waals surface area contributed by atoms with Crippen LogP contribution in [0.2, 0.25) is 0 Å². The molecule has 0 aromatic carbocycles. The second-order valence-corrected chi connectivity index (χ2v) is 3.41. The van der Waals surface area contributed by atoms with Crippen LogP contribution in [-0.4, -0.2) is 27.6 Å². The third kappa shape index (κ3) is 3.57. The van der Waals surface area contributed by atoms with Crippen molar-refractivity contribution in [1.29, 1.82) is 0 Å². The van der Waals surface area contributed by atoms with Gasteiger partial charge < -0.3 is 20.0 Å². The SMILES string of the molecule is CCOC(=O)Cc1nc([N+](=O)[O-])c(C(F)F)cc1O. The smallest absolute Gasteiger partial charge is 0.372 e. The molecule has 7 nitrogen and oxygen atoms in total. The standard InChI is InChI=1S/C10H10F2N2O5/c1-2-19-8(16)4-6-7(15)3-5(9(11)12)10(13-6)14(17)18/h3,9,15H,2,4H2,1H3. The van der Waals surface area contributed by atoms with E-state index in [4.69, 9.17) is 0 Å². The minimum absolute atomic E-state index is 0.0802. The number of aromatic hydroxyl groups is 1. The first-order chi connectivity index (χ1) is 8.86. The van der Waals surface area contributed by atoms with Gasteiger partial charge in [-0.1, -0.05) is 0 Å². The number of rotatable bonds is 5. The van der Waals surface area contributed by atoms with E-state index in [1.165, 1.54) is 0 Å². The van der Waals surface area contributed by atoms with Crippen molar-refractivity contribution < 1.29 is 28.3 Å². The average Bonchev–Trinajstić information content (AvgIpc) is 2.31. The molecule has 0 fully saturated rings. The molecular weight excluding hydrogens is 266 g/mol. The number of halogens is 2. The molecule has 0 amide bonds. The number of hydrogen-bond acceptors (Lipinski definition) is 6. The molecule has 104 valence electrons. The summed E-state index contributed by atoms with van der Waals surface area (Å²) in [5.41, 5.74) is -1.38. The van der Waals surface area contributed by atoms with Crippen molar-refractivity contribution in [3.05, 3.63) is 27.4 Å². The number of carbonyl (C=O) groups is 1. The van der Waals surface area contributed by atoms with Gasteiger partial charge in [0.05, 0.1) is 6.61 Å². The molecule has 0 aliphatic rings. The maximum atomic E-state index is 12.5. The van der Waals surface area contributed by atoms with Gasteiger partial charge in [-0.2, -0.15) is 0 Å². The lowest BCUT2D eigenvalue weighted by molar-refractivity contribution is -0.391. The molecule has 0 aliphatic carbocycles. The maximum Gasteiger partial charge on any atom is 0.372 e. The van der Waals surface area contributed by atoms with E-state index in [0.717, 1.165) is 0 Å². The number of aromatic nitrogens is 1. The molecule has 0 atom stereocenters. The summed E-state index contributed by atoms with van der Waals surface area (Å²) in [4.78, 5) is 24.0. The van der Waals surface area contributed by atoms with E-state index in [1.807, 2.05) is 0 Å². The van der Waals surface area contributed by atoms with Gasteiger partial charge in [0.2, 0.25) is 5.69 Å². The Labute approximate surface area is 106 Å². The molecule has 9 heteroatoms. The Hall–Kier alpha value is -2.32. The van der Waals surface area contributed by atoms with E-state index in [0.29, 0.717) is 6.07 Å². The summed E-state index contributed by atoms with van der Waals surface area (Å²) in [6.07, 6.45) is -3.69. The summed E-state index contributed by atoms with van der Waals surface area (Å²) < 4.78 is 29.6. The normalized spacial score (nSPS) is 10.5. The maximum absolute atomic E-state index is 12.5. The third-order valence-electron chi connectivity index (χ3n) is 2.11. The number of alkyl halides is 2. The summed E-state index contributed by atoms with van der Waals surface area (Å²) in [7, 11) is 0. The minimum atomic E-state index is -3.16. The van der Waals surface area contributed by atoms with Gasteiger partial charge in [0.15, 0.2) is 5.75 Å². The molecule has 0 saturated heterocycles. The predicted octanol–water partition coefficient (Wildman–Crippen LogP) is 1.74. The van der Waals surface area contributed by atoms with E-state index in [1.54, 1.807) is 6.92 Å². The molecule has 19 heavy (non-hydrogen) atoms. The highest BCUT2D eigenvalue weighted by molar-refractivity contribution is 5.73. The van der Waals surface area contributed by atoms with Crippen LogP contribution in [0.1, 0.15) is 24.6 Å². The zero-order chi connectivity index (χ0) is 14.6. The van der Waals surface area contributed by atoms with Gasteiger partial charge in [0, 0.05) is 6.07 Å². The lowest BCUT2D eigenvalue weighted by atomic mass is 10.2. The van der Waals surface area contributed by atoms with E-state index in [9.17, 15) is 28.8 Å². The second kappa shape index (κ2) is 6.03. The summed E-state index contributed by atoms with van der Waals surface area (Å²) >= 11 is 0. The van der Waals surface area contributed by atoms with E-state index < -0.39 is 40.9 Å². The Balaban J connectivity index is 3.17. The van der Waals surface area contributed by atoms with Crippen molar-refractivity contribution in [1.82, 2.24) is 4.98 Å². The first-order valence-corrected chi connectivity index (χ1v) is 5.17. The van der Waals surface area contributed by atoms with E-state index >= 15 is 0 Å². The minimum Gasteiger partial charge on any atom is -0.504 e. The predicted molar refractivity (Wildman–Crippen MR) is 57.9 cm³/mol. The van der Waals surface area contributed by atoms with Crippen LogP contribution in [0.4, 0.5) is 14.6 Å². The van der Waals surface area contributed by atoms with Gasteiger partial charge in [0.1, 0.15) is 12.0 Å². The summed E-state index contributed by atoms with van der Waals surface area (Å²) in [5.74, 6) is -2.58. The third-order valence-corrected chi connectivity index (χ3v) is 2.11. The van der Waals surface area contributed by atoms with Gasteiger partial charge in [0.25, 0.3) is 6.43 Å². The number of nitrogens with zero attached hydrogens (tertiary/aromatic N) is 2. The van der Waals surface area contributed by atoms with Gasteiger partial charge in [-0.3, -0.25) is 4.79 Å². The molecule has 0 bridgehead atoms. The molecule has 0 spiro atoms. The first kappa shape index (κ1) is 14.7. The topological polar surface area (TPSA) is 103 Å². The average molecular weight is 276 g/mol. The Morgan fingerprint density at radius 1 is 1.63 bits per heavy atom. The molecule has 1 rings (SSSR count). The Kier molecular flexibility index (Phi) is 4.67. The van der Waals surface area contributed by atoms with Crippen molar-refractivity contribution in [3.8, 4) is 5.75 Å². The van der Waals surface area contributed by atoms with Crippen LogP contribution >= 0.6 is 0 Å². The fourth-order valence-electron chi connectivity index (χ4n) is 1.33. The molecule has 1 N–H and O–H groups in total. The quantitative estimate of drug-likeness (QED) is 0.499. The highest BCUT2D eigenvalue weighted by Crippen LogP contribution is 2.32. The number of hydrogen-bond donors (Lipinski definition) is 1. The van der Waals surface area contributed by atoms with E-state index in [-0.39, 0.29) is 12.3 Å². The second-order valence-electron chi connectivity index (χ2n) is 3.41. The van der Waals surface area contributed by atoms with Crippen molar-refractivity contribution in [2.75, 3.05) is 6.61 Å². The van der Waals surface area contributed by atoms with E-state index in [2.05, 4.69) is 9.72 Å². The lowest BCUT2D eigenvalue weighted by Gasteiger charge is -2.05. The van der Waals surface area contributed by atoms with Crippen molar-refractivity contribution in [3.63, 3.8) is 0 Å². The molecule has 0 aliphatic heterocycles. The van der Waals surface area contributed by atoms with Crippen molar-refractivity contribution >= 4 is 11.8 Å². The molecule has 0 unspecified atom stereocenters. The van der Waals surface area contributed by atoms with Crippen LogP contribution in [-0.2, 0) is 16.0 Å². The molecule has 0 radical (unpaired) electrons. The molecule has 1 heterocycles. The molecular formula is C10H10F2N2O5. The van der Waals surface area contributed by atoms with Gasteiger partial charge >= 0.3 is 11.8 Å². The number of pyridine rings is 1. The summed E-state index contributed by atoms with van der Waals surface area (Å²) in [5, 5.41) is 20.1. The highest BCUT2D eigenvalue weighted by atomic mass is 19.3. The van der Waals surface area contributed by atoms with Gasteiger partial charge in [-0.05, 0) is 16.8 Å². The van der Waals surface area contributed by atoms with Crippen LogP contribution in [0, 0.1) is 10.1 Å². The fraction of sp³-hybridized carbons (Fsp3) is 0.400. The lowest BCUT2D eigenvalue weighted by Crippen LogP contribution is -2.10. The number of esters is 1. The summed E-state index contributed by atoms with van der Waals surface area (Å²) in [6, 6.07) is 0.532. The fourth-order valence-corrected chi connectivity index (χ4v) is 1.33. The highest BCUT2D eigenvalue weighted by Gasteiger charge is 2.28. The van der Waals surface area contributed by atoms with Crippen LogP contribution in [0.25, 0.3) is 0 Å². The first-order valence-electron chi connectivity index (χ1n) is 5.17. The largest absolute Gasteiger partial charge is 0.504 e. The van der Waals surface area contributed by atoms with Gasteiger partial charge in [-0.25, -0.2) is 8.78 Å². The number of ether oxygens (including phenoxy) is 1. The zero-order valence-corrected chi connectivity index (χ0v) is 9.80. The van der Waals surface area contributed by atoms with Gasteiger partial charge in [-0.15, -0.1) is 0 Å². The Morgan fingerprint density at radius 2 is 2.26 bits per heavy atom. The Bertz CT molecular complexity index is 507. The monoisotopic (exact) mass is 276 g/mol. The molecule has 0 saturated carbocycles. The van der Waals surface area contributed by atoms with Crippen LogP contribution in [0.5, 0.6) is 5.75 Å². The Morgan fingerprint density at radius 3 is 2.74 bits per heavy atom. The van der Waals surface area contributed by atoms with Crippen LogP contribution in [0.15, 0.2) is 6.07 Å². The number of carbonyl (C=O) groups excluding carboxylic acids is 1. The van der Waals surface area contributed by atoms with Crippen molar-refractivity contribution in [2.24, 2.45) is 0 Å². The molecule has 1 aromatic heterocycles. The number of nitro groups is 1. The van der Waals surface area contributed by atoms with Crippen molar-refractivity contribution in [2.45, 2.75) is 19.8 Å².